The van der Waals surface area contributed by atoms with Gasteiger partial charge in [-0.15, -0.1) is 0 Å². The lowest BCUT2D eigenvalue weighted by Gasteiger charge is -2.17. The first kappa shape index (κ1) is 8.77. The van der Waals surface area contributed by atoms with Gasteiger partial charge in [-0.2, -0.15) is 0 Å². The summed E-state index contributed by atoms with van der Waals surface area (Å²) in [5.41, 5.74) is 1.95. The van der Waals surface area contributed by atoms with Crippen molar-refractivity contribution in [1.82, 2.24) is 0 Å². The largest absolute Gasteiger partial charge is 0.453 e. The fourth-order valence-corrected chi connectivity index (χ4v) is 2.36. The van der Waals surface area contributed by atoms with E-state index in [1.165, 1.54) is 0 Å². The lowest BCUT2D eigenvalue weighted by atomic mass is 9.81. The summed E-state index contributed by atoms with van der Waals surface area (Å²) in [5.74, 6) is 0.684. The third-order valence-electron chi connectivity index (χ3n) is 3.26. The molecule has 0 radical (unpaired) electrons. The molecule has 1 aromatic rings. The Morgan fingerprint density at radius 2 is 2.20 bits per heavy atom. The molecule has 1 saturated heterocycles. The number of carbonyl (C=O) groups excluding carboxylic acids is 1. The lowest BCUT2D eigenvalue weighted by Crippen LogP contribution is -2.29. The first-order chi connectivity index (χ1) is 7.09. The third-order valence-corrected chi connectivity index (χ3v) is 3.26. The van der Waals surface area contributed by atoms with Crippen LogP contribution >= 0.6 is 0 Å². The van der Waals surface area contributed by atoms with Gasteiger partial charge in [0.25, 0.3) is 6.29 Å². The molecule has 0 unspecified atom stereocenters. The van der Waals surface area contributed by atoms with E-state index < -0.39 is 6.29 Å². The van der Waals surface area contributed by atoms with Crippen molar-refractivity contribution in [2.24, 2.45) is 0 Å². The van der Waals surface area contributed by atoms with Crippen LogP contribution < -0.4 is 4.74 Å². The summed E-state index contributed by atoms with van der Waals surface area (Å²) in [6.45, 7) is 4.04. The Kier molecular flexibility index (Phi) is 1.48. The van der Waals surface area contributed by atoms with E-state index in [2.05, 4.69) is 0 Å². The first-order valence-electron chi connectivity index (χ1n) is 5.07. The van der Waals surface area contributed by atoms with Crippen molar-refractivity contribution in [3.05, 3.63) is 29.3 Å². The van der Waals surface area contributed by atoms with Gasteiger partial charge in [-0.05, 0) is 25.5 Å². The molecular weight excluding hydrogens is 192 g/mol. The zero-order valence-electron chi connectivity index (χ0n) is 8.74. The molecule has 0 N–H and O–H groups in total. The van der Waals surface area contributed by atoms with Crippen molar-refractivity contribution >= 4 is 5.97 Å². The summed E-state index contributed by atoms with van der Waals surface area (Å²) in [4.78, 5) is 11.2. The number of hydrogen-bond donors (Lipinski definition) is 0. The van der Waals surface area contributed by atoms with E-state index >= 15 is 0 Å². The Bertz CT molecular complexity index is 452. The second-order valence-electron chi connectivity index (χ2n) is 4.53. The van der Waals surface area contributed by atoms with E-state index in [4.69, 9.17) is 9.47 Å². The van der Waals surface area contributed by atoms with Gasteiger partial charge in [0, 0.05) is 5.56 Å². The van der Waals surface area contributed by atoms with Crippen LogP contribution in [0.3, 0.4) is 0 Å². The molecule has 78 valence electrons. The van der Waals surface area contributed by atoms with Gasteiger partial charge in [-0.3, -0.25) is 4.79 Å². The highest BCUT2D eigenvalue weighted by molar-refractivity contribution is 5.76. The highest BCUT2D eigenvalue weighted by atomic mass is 16.7. The van der Waals surface area contributed by atoms with Crippen molar-refractivity contribution in [2.45, 2.75) is 32.0 Å². The maximum atomic E-state index is 11.2. The maximum absolute atomic E-state index is 11.2. The van der Waals surface area contributed by atoms with Crippen LogP contribution in [0.15, 0.2) is 18.2 Å². The third kappa shape index (κ3) is 1.03. The van der Waals surface area contributed by atoms with Crippen molar-refractivity contribution in [1.29, 1.82) is 0 Å². The number of esters is 1. The average molecular weight is 204 g/mol. The van der Waals surface area contributed by atoms with Crippen LogP contribution in [0.25, 0.3) is 0 Å². The van der Waals surface area contributed by atoms with Gasteiger partial charge < -0.3 is 9.47 Å². The van der Waals surface area contributed by atoms with E-state index in [0.29, 0.717) is 6.42 Å². The van der Waals surface area contributed by atoms with Crippen LogP contribution in [0.2, 0.25) is 0 Å². The number of carbonyl (C=O) groups is 1. The lowest BCUT2D eigenvalue weighted by molar-refractivity contribution is -0.151. The summed E-state index contributed by atoms with van der Waals surface area (Å²) in [5, 5.41) is 0. The second kappa shape index (κ2) is 2.54. The number of ether oxygens (including phenoxy) is 2. The molecule has 3 rings (SSSR count). The van der Waals surface area contributed by atoms with Crippen molar-refractivity contribution < 1.29 is 14.3 Å². The second-order valence-corrected chi connectivity index (χ2v) is 4.53. The maximum Gasteiger partial charge on any atom is 0.310 e. The number of hydrogen-bond acceptors (Lipinski definition) is 3. The highest BCUT2D eigenvalue weighted by Crippen LogP contribution is 2.49. The van der Waals surface area contributed by atoms with Gasteiger partial charge in [0.1, 0.15) is 5.75 Å². The van der Waals surface area contributed by atoms with E-state index in [9.17, 15) is 4.79 Å². The molecular formula is C12H12O3. The molecule has 2 aliphatic rings. The van der Waals surface area contributed by atoms with E-state index in [-0.39, 0.29) is 11.4 Å². The molecule has 0 aliphatic carbocycles. The van der Waals surface area contributed by atoms with Crippen molar-refractivity contribution in [3.63, 3.8) is 0 Å². The van der Waals surface area contributed by atoms with Gasteiger partial charge in [0.2, 0.25) is 0 Å². The minimum Gasteiger partial charge on any atom is -0.453 e. The Morgan fingerprint density at radius 1 is 1.40 bits per heavy atom. The fourth-order valence-electron chi connectivity index (χ4n) is 2.36. The van der Waals surface area contributed by atoms with Crippen LogP contribution in [0.1, 0.15) is 24.5 Å². The molecule has 0 spiro atoms. The average Bonchev–Trinajstić information content (AvgIpc) is 2.53. The van der Waals surface area contributed by atoms with Gasteiger partial charge in [0.15, 0.2) is 0 Å². The number of benzene rings is 1. The molecule has 2 aliphatic heterocycles. The number of rotatable bonds is 0. The smallest absolute Gasteiger partial charge is 0.310 e. The first-order valence-corrected chi connectivity index (χ1v) is 5.07. The Labute approximate surface area is 88.0 Å². The molecule has 0 aromatic heterocycles. The van der Waals surface area contributed by atoms with Gasteiger partial charge in [-0.1, -0.05) is 12.1 Å². The topological polar surface area (TPSA) is 35.5 Å². The summed E-state index contributed by atoms with van der Waals surface area (Å²) < 4.78 is 10.8. The minimum atomic E-state index is -0.429. The Balaban J connectivity index is 2.14. The van der Waals surface area contributed by atoms with Crippen LogP contribution in [0.4, 0.5) is 0 Å². The fraction of sp³-hybridized carbons (Fsp3) is 0.417. The molecule has 3 nitrogen and oxygen atoms in total. The quantitative estimate of drug-likeness (QED) is 0.605. The SMILES string of the molecule is Cc1ccc2c(c1)O[C@H]1OC(=O)C[C@@]21C. The molecule has 1 fully saturated rings. The molecule has 15 heavy (non-hydrogen) atoms. The summed E-state index contributed by atoms with van der Waals surface area (Å²) >= 11 is 0. The standard InChI is InChI=1S/C12H12O3/c1-7-3-4-8-9(5-7)14-11-12(8,2)6-10(13)15-11/h3-5,11H,6H2,1-2H3/t11-,12-/m0/s1. The molecule has 0 bridgehead atoms. The molecule has 0 saturated carbocycles. The molecule has 1 aromatic carbocycles. The molecule has 3 heteroatoms. The van der Waals surface area contributed by atoms with Gasteiger partial charge in [-0.25, -0.2) is 0 Å². The van der Waals surface area contributed by atoms with Gasteiger partial charge in [0.05, 0.1) is 11.8 Å². The molecule has 2 heterocycles. The summed E-state index contributed by atoms with van der Waals surface area (Å²) in [6.07, 6.45) is -0.0184. The Hall–Kier alpha value is -1.51. The monoisotopic (exact) mass is 204 g/mol. The Morgan fingerprint density at radius 3 is 3.00 bits per heavy atom. The van der Waals surface area contributed by atoms with Crippen LogP contribution in [-0.4, -0.2) is 12.3 Å². The zero-order chi connectivity index (χ0) is 10.6. The minimum absolute atomic E-state index is 0.172. The normalized spacial score (nSPS) is 31.9. The van der Waals surface area contributed by atoms with E-state index in [1.807, 2.05) is 32.0 Å². The van der Waals surface area contributed by atoms with Crippen molar-refractivity contribution in [3.8, 4) is 5.75 Å². The van der Waals surface area contributed by atoms with Gasteiger partial charge >= 0.3 is 5.97 Å². The zero-order valence-corrected chi connectivity index (χ0v) is 8.74. The summed E-state index contributed by atoms with van der Waals surface area (Å²) in [7, 11) is 0. The molecule has 0 amide bonds. The molecule has 2 atom stereocenters. The van der Waals surface area contributed by atoms with E-state index in [1.54, 1.807) is 0 Å². The predicted molar refractivity (Wildman–Crippen MR) is 53.7 cm³/mol. The summed E-state index contributed by atoms with van der Waals surface area (Å²) in [6, 6.07) is 6.07. The number of fused-ring (bicyclic) bond motifs is 3. The van der Waals surface area contributed by atoms with Crippen molar-refractivity contribution in [2.75, 3.05) is 0 Å². The van der Waals surface area contributed by atoms with Crippen LogP contribution in [-0.2, 0) is 14.9 Å². The van der Waals surface area contributed by atoms with E-state index in [0.717, 1.165) is 16.9 Å². The highest BCUT2D eigenvalue weighted by Gasteiger charge is 2.54. The van der Waals surface area contributed by atoms with Crippen LogP contribution in [0.5, 0.6) is 5.75 Å². The predicted octanol–water partition coefficient (Wildman–Crippen LogP) is 1.92. The van der Waals surface area contributed by atoms with Crippen LogP contribution in [0, 0.1) is 6.92 Å². The number of aryl methyl sites for hydroxylation is 1.